The maximum atomic E-state index is 9.62. The smallest absolute Gasteiger partial charge is 0.243 e. The number of aromatic nitrogens is 2. The zero-order valence-corrected chi connectivity index (χ0v) is 9.89. The molecule has 1 saturated heterocycles. The summed E-state index contributed by atoms with van der Waals surface area (Å²) < 4.78 is 5.22. The first-order valence-corrected chi connectivity index (χ1v) is 5.95. The monoisotopic (exact) mass is 225 g/mol. The van der Waals surface area contributed by atoms with Crippen LogP contribution in [-0.4, -0.2) is 39.3 Å². The molecule has 1 N–H and O–H groups in total. The first kappa shape index (κ1) is 11.5. The molecule has 0 aromatic carbocycles. The molecule has 0 saturated carbocycles. The van der Waals surface area contributed by atoms with Crippen LogP contribution < -0.4 is 0 Å². The minimum Gasteiger partial charge on any atom is -0.392 e. The van der Waals surface area contributed by atoms with Crippen LogP contribution >= 0.6 is 0 Å². The minimum atomic E-state index is -0.218. The summed E-state index contributed by atoms with van der Waals surface area (Å²) in [5, 5.41) is 13.5. The fraction of sp³-hybridized carbons (Fsp3) is 0.818. The van der Waals surface area contributed by atoms with E-state index in [1.165, 1.54) is 0 Å². The van der Waals surface area contributed by atoms with Crippen molar-refractivity contribution in [2.45, 2.75) is 45.3 Å². The molecule has 0 aliphatic carbocycles. The minimum absolute atomic E-state index is 0.0998. The fourth-order valence-electron chi connectivity index (χ4n) is 2.07. The molecule has 1 aliphatic heterocycles. The molecule has 0 bridgehead atoms. The standard InChI is InChI=1S/C11H19N3O2/c1-3-10-12-11(16-13-10)8(2)14-6-4-5-9(15)7-14/h8-9,15H,3-7H2,1-2H3/t8-,9-/m1/s1. The van der Waals surface area contributed by atoms with Gasteiger partial charge in [0.15, 0.2) is 5.82 Å². The van der Waals surface area contributed by atoms with Gasteiger partial charge in [-0.2, -0.15) is 4.98 Å². The Morgan fingerprint density at radius 2 is 2.44 bits per heavy atom. The second kappa shape index (κ2) is 4.93. The maximum Gasteiger partial charge on any atom is 0.243 e. The van der Waals surface area contributed by atoms with Gasteiger partial charge in [0.05, 0.1) is 12.1 Å². The van der Waals surface area contributed by atoms with Crippen LogP contribution in [0.1, 0.15) is 44.4 Å². The lowest BCUT2D eigenvalue weighted by atomic mass is 10.1. The predicted octanol–water partition coefficient (Wildman–Crippen LogP) is 1.15. The molecule has 0 radical (unpaired) electrons. The SMILES string of the molecule is CCc1noc([C@@H](C)N2CCC[C@@H](O)C2)n1. The van der Waals surface area contributed by atoms with Crippen LogP contribution in [0.5, 0.6) is 0 Å². The summed E-state index contributed by atoms with van der Waals surface area (Å²) in [6.45, 7) is 5.74. The van der Waals surface area contributed by atoms with E-state index in [4.69, 9.17) is 4.52 Å². The van der Waals surface area contributed by atoms with Gasteiger partial charge in [0.2, 0.25) is 5.89 Å². The number of β-amino-alcohol motifs (C(OH)–C–C–N with tert-alkyl or cyclic N) is 1. The van der Waals surface area contributed by atoms with Gasteiger partial charge >= 0.3 is 0 Å². The third kappa shape index (κ3) is 2.41. The van der Waals surface area contributed by atoms with Crippen LogP contribution in [0.4, 0.5) is 0 Å². The van der Waals surface area contributed by atoms with Crippen LogP contribution in [0.15, 0.2) is 4.52 Å². The molecule has 2 atom stereocenters. The molecule has 1 aromatic heterocycles. The third-order valence-corrected chi connectivity index (χ3v) is 3.13. The Morgan fingerprint density at radius 3 is 3.06 bits per heavy atom. The fourth-order valence-corrected chi connectivity index (χ4v) is 2.07. The molecule has 5 heteroatoms. The van der Waals surface area contributed by atoms with Crippen LogP contribution in [-0.2, 0) is 6.42 Å². The average molecular weight is 225 g/mol. The normalized spacial score (nSPS) is 24.6. The Balaban J connectivity index is 2.02. The summed E-state index contributed by atoms with van der Waals surface area (Å²) in [4.78, 5) is 6.52. The average Bonchev–Trinajstić information content (AvgIpc) is 2.76. The van der Waals surface area contributed by atoms with Crippen LogP contribution in [0.25, 0.3) is 0 Å². The van der Waals surface area contributed by atoms with Crippen LogP contribution in [0.2, 0.25) is 0 Å². The lowest BCUT2D eigenvalue weighted by Crippen LogP contribution is -2.39. The van der Waals surface area contributed by atoms with Gasteiger partial charge < -0.3 is 9.63 Å². The molecular weight excluding hydrogens is 206 g/mol. The van der Waals surface area contributed by atoms with E-state index < -0.39 is 0 Å². The van der Waals surface area contributed by atoms with E-state index in [1.54, 1.807) is 0 Å². The number of hydrogen-bond acceptors (Lipinski definition) is 5. The Hall–Kier alpha value is -0.940. The van der Waals surface area contributed by atoms with Crippen molar-refractivity contribution in [3.8, 4) is 0 Å². The van der Waals surface area contributed by atoms with E-state index in [2.05, 4.69) is 15.0 Å². The molecular formula is C11H19N3O2. The molecule has 1 fully saturated rings. The largest absolute Gasteiger partial charge is 0.392 e. The lowest BCUT2D eigenvalue weighted by Gasteiger charge is -2.32. The van der Waals surface area contributed by atoms with Crippen molar-refractivity contribution in [2.75, 3.05) is 13.1 Å². The molecule has 1 aromatic rings. The first-order chi connectivity index (χ1) is 7.70. The second-order valence-corrected chi connectivity index (χ2v) is 4.37. The molecule has 2 rings (SSSR count). The summed E-state index contributed by atoms with van der Waals surface area (Å²) in [6, 6.07) is 0.0998. The molecule has 1 aliphatic rings. The van der Waals surface area contributed by atoms with Gasteiger partial charge in [-0.1, -0.05) is 12.1 Å². The molecule has 16 heavy (non-hydrogen) atoms. The van der Waals surface area contributed by atoms with Gasteiger partial charge in [-0.25, -0.2) is 0 Å². The molecule has 2 heterocycles. The third-order valence-electron chi connectivity index (χ3n) is 3.13. The van der Waals surface area contributed by atoms with Crippen molar-refractivity contribution in [2.24, 2.45) is 0 Å². The number of aliphatic hydroxyl groups excluding tert-OH is 1. The molecule has 5 nitrogen and oxygen atoms in total. The highest BCUT2D eigenvalue weighted by atomic mass is 16.5. The van der Waals surface area contributed by atoms with E-state index in [-0.39, 0.29) is 12.1 Å². The number of piperidine rings is 1. The molecule has 90 valence electrons. The van der Waals surface area contributed by atoms with Gasteiger partial charge in [-0.15, -0.1) is 0 Å². The number of hydrogen-bond donors (Lipinski definition) is 1. The Labute approximate surface area is 95.4 Å². The van der Waals surface area contributed by atoms with E-state index in [0.717, 1.165) is 31.6 Å². The quantitative estimate of drug-likeness (QED) is 0.836. The van der Waals surface area contributed by atoms with Gasteiger partial charge in [0.25, 0.3) is 0 Å². The zero-order valence-electron chi connectivity index (χ0n) is 9.89. The highest BCUT2D eigenvalue weighted by Gasteiger charge is 2.26. The summed E-state index contributed by atoms with van der Waals surface area (Å²) in [6.07, 6.45) is 2.50. The Morgan fingerprint density at radius 1 is 1.62 bits per heavy atom. The van der Waals surface area contributed by atoms with E-state index in [9.17, 15) is 5.11 Å². The van der Waals surface area contributed by atoms with Gasteiger partial charge in [-0.3, -0.25) is 4.90 Å². The van der Waals surface area contributed by atoms with Crippen LogP contribution in [0.3, 0.4) is 0 Å². The number of likely N-dealkylation sites (tertiary alicyclic amines) is 1. The van der Waals surface area contributed by atoms with Gasteiger partial charge in [0.1, 0.15) is 0 Å². The van der Waals surface area contributed by atoms with Crippen molar-refractivity contribution in [1.82, 2.24) is 15.0 Å². The highest BCUT2D eigenvalue weighted by molar-refractivity contribution is 4.93. The number of aryl methyl sites for hydroxylation is 1. The maximum absolute atomic E-state index is 9.62. The van der Waals surface area contributed by atoms with Crippen molar-refractivity contribution in [1.29, 1.82) is 0 Å². The number of rotatable bonds is 3. The zero-order chi connectivity index (χ0) is 11.5. The number of nitrogens with zero attached hydrogens (tertiary/aromatic N) is 3. The van der Waals surface area contributed by atoms with Crippen molar-refractivity contribution in [3.63, 3.8) is 0 Å². The summed E-state index contributed by atoms with van der Waals surface area (Å²) >= 11 is 0. The van der Waals surface area contributed by atoms with Gasteiger partial charge in [0, 0.05) is 13.0 Å². The number of aliphatic hydroxyl groups is 1. The van der Waals surface area contributed by atoms with E-state index >= 15 is 0 Å². The van der Waals surface area contributed by atoms with Crippen LogP contribution in [0, 0.1) is 0 Å². The summed E-state index contributed by atoms with van der Waals surface area (Å²) in [7, 11) is 0. The second-order valence-electron chi connectivity index (χ2n) is 4.37. The Bertz CT molecular complexity index is 340. The topological polar surface area (TPSA) is 62.4 Å². The lowest BCUT2D eigenvalue weighted by molar-refractivity contribution is 0.0422. The first-order valence-electron chi connectivity index (χ1n) is 5.95. The molecule has 0 spiro atoms. The van der Waals surface area contributed by atoms with Crippen molar-refractivity contribution < 1.29 is 9.63 Å². The molecule has 0 unspecified atom stereocenters. The predicted molar refractivity (Wildman–Crippen MR) is 58.9 cm³/mol. The van der Waals surface area contributed by atoms with E-state index in [1.807, 2.05) is 13.8 Å². The highest BCUT2D eigenvalue weighted by Crippen LogP contribution is 2.22. The summed E-state index contributed by atoms with van der Waals surface area (Å²) in [5.41, 5.74) is 0. The van der Waals surface area contributed by atoms with Crippen molar-refractivity contribution in [3.05, 3.63) is 11.7 Å². The summed E-state index contributed by atoms with van der Waals surface area (Å²) in [5.74, 6) is 1.41. The van der Waals surface area contributed by atoms with E-state index in [0.29, 0.717) is 12.4 Å². The van der Waals surface area contributed by atoms with Gasteiger partial charge in [-0.05, 0) is 26.3 Å². The van der Waals surface area contributed by atoms with Crippen molar-refractivity contribution >= 4 is 0 Å². The Kier molecular flexibility index (Phi) is 3.56. The molecule has 0 amide bonds.